The second kappa shape index (κ2) is 8.75. The van der Waals surface area contributed by atoms with Gasteiger partial charge in [-0.25, -0.2) is 9.97 Å². The van der Waals surface area contributed by atoms with Gasteiger partial charge < -0.3 is 14.1 Å². The predicted octanol–water partition coefficient (Wildman–Crippen LogP) is 5.14. The summed E-state index contributed by atoms with van der Waals surface area (Å²) in [6.07, 6.45) is 5.31. The van der Waals surface area contributed by atoms with E-state index in [4.69, 9.17) is 14.1 Å². The Kier molecular flexibility index (Phi) is 5.92. The van der Waals surface area contributed by atoms with Crippen molar-refractivity contribution in [1.29, 1.82) is 0 Å². The summed E-state index contributed by atoms with van der Waals surface area (Å²) in [5, 5.41) is 6.18. The Morgan fingerprint density at radius 3 is 2.96 bits per heavy atom. The number of aromatic nitrogens is 2. The van der Waals surface area contributed by atoms with Crippen molar-refractivity contribution in [2.24, 2.45) is 0 Å². The van der Waals surface area contributed by atoms with E-state index in [1.54, 1.807) is 24.6 Å². The van der Waals surface area contributed by atoms with Crippen molar-refractivity contribution >= 4 is 22.5 Å². The number of ether oxygens (including phenoxy) is 1. The monoisotopic (exact) mass is 398 g/mol. The van der Waals surface area contributed by atoms with E-state index < -0.39 is 0 Å². The molecule has 0 unspecified atom stereocenters. The molecule has 148 valence electrons. The Morgan fingerprint density at radius 2 is 2.18 bits per heavy atom. The molecule has 1 aliphatic rings. The maximum Gasteiger partial charge on any atom is 0.301 e. The zero-order valence-corrected chi connectivity index (χ0v) is 17.2. The van der Waals surface area contributed by atoms with E-state index in [0.717, 1.165) is 16.4 Å². The average Bonchev–Trinajstić information content (AvgIpc) is 3.39. The van der Waals surface area contributed by atoms with Crippen molar-refractivity contribution in [1.82, 2.24) is 14.9 Å². The Morgan fingerprint density at radius 1 is 1.32 bits per heavy atom. The number of likely N-dealkylation sites (tertiary alicyclic amines) is 1. The van der Waals surface area contributed by atoms with E-state index in [9.17, 15) is 0 Å². The van der Waals surface area contributed by atoms with E-state index in [0.29, 0.717) is 17.7 Å². The molecular formula is C21H26N4O2S. The molecular weight excluding hydrogens is 372 g/mol. The largest absolute Gasteiger partial charge is 0.497 e. The molecule has 3 heterocycles. The lowest BCUT2D eigenvalue weighted by Crippen LogP contribution is -2.33. The molecule has 0 amide bonds. The van der Waals surface area contributed by atoms with E-state index in [1.807, 2.05) is 24.3 Å². The second-order valence-corrected chi connectivity index (χ2v) is 7.94. The third-order valence-electron chi connectivity index (χ3n) is 5.14. The molecule has 7 heteroatoms. The van der Waals surface area contributed by atoms with Crippen LogP contribution in [0.3, 0.4) is 0 Å². The molecule has 0 spiro atoms. The number of nitrogens with zero attached hydrogens (tertiary/aromatic N) is 3. The highest BCUT2D eigenvalue weighted by atomic mass is 32.1. The number of methoxy groups -OCH3 is 1. The van der Waals surface area contributed by atoms with Gasteiger partial charge in [0.1, 0.15) is 5.75 Å². The van der Waals surface area contributed by atoms with E-state index in [-0.39, 0.29) is 0 Å². The quantitative estimate of drug-likeness (QED) is 0.594. The Balaban J connectivity index is 1.39. The molecule has 0 aliphatic carbocycles. The number of benzene rings is 1. The SMILES string of the molecule is CCCN1CCC(c2csc(Nc3ncc(-c4cccc(OC)c4)o3)n2)CC1. The Labute approximate surface area is 169 Å². The molecule has 4 rings (SSSR count). The maximum absolute atomic E-state index is 5.85. The van der Waals surface area contributed by atoms with Crippen LogP contribution in [0.25, 0.3) is 11.3 Å². The number of nitrogens with one attached hydrogen (secondary N) is 1. The maximum atomic E-state index is 5.85. The fourth-order valence-electron chi connectivity index (χ4n) is 3.63. The van der Waals surface area contributed by atoms with Gasteiger partial charge in [0, 0.05) is 16.9 Å². The fraction of sp³-hybridized carbons (Fsp3) is 0.429. The highest BCUT2D eigenvalue weighted by Crippen LogP contribution is 2.32. The van der Waals surface area contributed by atoms with Gasteiger partial charge in [0.25, 0.3) is 0 Å². The molecule has 1 N–H and O–H groups in total. The van der Waals surface area contributed by atoms with Crippen LogP contribution in [-0.2, 0) is 0 Å². The van der Waals surface area contributed by atoms with Crippen LogP contribution in [0.15, 0.2) is 40.3 Å². The topological polar surface area (TPSA) is 63.4 Å². The molecule has 28 heavy (non-hydrogen) atoms. The molecule has 3 aromatic rings. The summed E-state index contributed by atoms with van der Waals surface area (Å²) in [5.74, 6) is 2.04. The lowest BCUT2D eigenvalue weighted by atomic mass is 9.94. The Hall–Kier alpha value is -2.38. The van der Waals surface area contributed by atoms with Crippen LogP contribution in [0.1, 0.15) is 37.8 Å². The summed E-state index contributed by atoms with van der Waals surface area (Å²) >= 11 is 1.60. The summed E-state index contributed by atoms with van der Waals surface area (Å²) in [6.45, 7) is 5.79. The third-order valence-corrected chi connectivity index (χ3v) is 5.92. The van der Waals surface area contributed by atoms with E-state index in [2.05, 4.69) is 27.5 Å². The van der Waals surface area contributed by atoms with Gasteiger partial charge >= 0.3 is 6.01 Å². The van der Waals surface area contributed by atoms with Crippen LogP contribution >= 0.6 is 11.3 Å². The van der Waals surface area contributed by atoms with Gasteiger partial charge in [-0.1, -0.05) is 19.1 Å². The minimum absolute atomic E-state index is 0.455. The van der Waals surface area contributed by atoms with Crippen LogP contribution in [0.4, 0.5) is 11.1 Å². The molecule has 0 saturated carbocycles. The standard InChI is InChI=1S/C21H26N4O2S/c1-3-9-25-10-7-15(8-11-25)18-14-28-21(23-18)24-20-22-13-19(27-20)16-5-4-6-17(12-16)26-2/h4-6,12-15H,3,7-11H2,1-2H3,(H,22,23,24). The first-order chi connectivity index (χ1) is 13.7. The number of oxazole rings is 1. The van der Waals surface area contributed by atoms with Gasteiger partial charge in [0.15, 0.2) is 10.9 Å². The summed E-state index contributed by atoms with van der Waals surface area (Å²) < 4.78 is 11.1. The summed E-state index contributed by atoms with van der Waals surface area (Å²) in [6, 6.07) is 8.19. The van der Waals surface area contributed by atoms with Crippen molar-refractivity contribution in [3.63, 3.8) is 0 Å². The zero-order valence-electron chi connectivity index (χ0n) is 16.4. The van der Waals surface area contributed by atoms with Gasteiger partial charge in [0.2, 0.25) is 0 Å². The number of hydrogen-bond donors (Lipinski definition) is 1. The van der Waals surface area contributed by atoms with Crippen LogP contribution < -0.4 is 10.1 Å². The minimum Gasteiger partial charge on any atom is -0.497 e. The highest BCUT2D eigenvalue weighted by molar-refractivity contribution is 7.13. The first-order valence-corrected chi connectivity index (χ1v) is 10.7. The van der Waals surface area contributed by atoms with Crippen LogP contribution in [0.5, 0.6) is 5.75 Å². The van der Waals surface area contributed by atoms with Gasteiger partial charge in [-0.3, -0.25) is 5.32 Å². The van der Waals surface area contributed by atoms with Crippen molar-refractivity contribution in [2.45, 2.75) is 32.1 Å². The summed E-state index contributed by atoms with van der Waals surface area (Å²) in [4.78, 5) is 11.7. The zero-order chi connectivity index (χ0) is 19.3. The van der Waals surface area contributed by atoms with Gasteiger partial charge in [-0.15, -0.1) is 11.3 Å². The number of thiazole rings is 1. The fourth-order valence-corrected chi connectivity index (χ4v) is 4.41. The first kappa shape index (κ1) is 19.0. The number of anilines is 2. The average molecular weight is 399 g/mol. The van der Waals surface area contributed by atoms with Crippen LogP contribution in [0.2, 0.25) is 0 Å². The van der Waals surface area contributed by atoms with E-state index >= 15 is 0 Å². The first-order valence-electron chi connectivity index (χ1n) is 9.80. The van der Waals surface area contributed by atoms with Crippen molar-refractivity contribution in [3.05, 3.63) is 41.5 Å². The Bertz CT molecular complexity index is 899. The van der Waals surface area contributed by atoms with Crippen molar-refractivity contribution in [3.8, 4) is 17.1 Å². The van der Waals surface area contributed by atoms with Crippen LogP contribution in [-0.4, -0.2) is 41.6 Å². The molecule has 0 atom stereocenters. The van der Waals surface area contributed by atoms with Gasteiger partial charge in [-0.05, 0) is 51.0 Å². The van der Waals surface area contributed by atoms with Crippen molar-refractivity contribution < 1.29 is 9.15 Å². The van der Waals surface area contributed by atoms with Gasteiger partial charge in [0.05, 0.1) is 19.0 Å². The molecule has 1 aromatic carbocycles. The lowest BCUT2D eigenvalue weighted by molar-refractivity contribution is 0.211. The predicted molar refractivity (Wildman–Crippen MR) is 113 cm³/mol. The van der Waals surface area contributed by atoms with Gasteiger partial charge in [-0.2, -0.15) is 0 Å². The number of rotatable bonds is 7. The number of piperidine rings is 1. The molecule has 6 nitrogen and oxygen atoms in total. The minimum atomic E-state index is 0.455. The molecule has 1 saturated heterocycles. The lowest BCUT2D eigenvalue weighted by Gasteiger charge is -2.30. The molecule has 0 bridgehead atoms. The normalized spacial score (nSPS) is 15.6. The smallest absolute Gasteiger partial charge is 0.301 e. The van der Waals surface area contributed by atoms with E-state index in [1.165, 1.54) is 44.6 Å². The number of hydrogen-bond acceptors (Lipinski definition) is 7. The molecule has 2 aromatic heterocycles. The summed E-state index contributed by atoms with van der Waals surface area (Å²) in [7, 11) is 1.65. The second-order valence-electron chi connectivity index (χ2n) is 7.08. The van der Waals surface area contributed by atoms with Crippen molar-refractivity contribution in [2.75, 3.05) is 32.1 Å². The summed E-state index contributed by atoms with van der Waals surface area (Å²) in [5.41, 5.74) is 2.11. The highest BCUT2D eigenvalue weighted by Gasteiger charge is 2.22. The molecule has 1 aliphatic heterocycles. The molecule has 1 fully saturated rings. The molecule has 0 radical (unpaired) electrons. The van der Waals surface area contributed by atoms with Crippen LogP contribution in [0, 0.1) is 0 Å². The third kappa shape index (κ3) is 4.36.